The zero-order valence-electron chi connectivity index (χ0n) is 36.9. The average molecular weight is 1030 g/mol. The fourth-order valence-corrected chi connectivity index (χ4v) is 8.82. The van der Waals surface area contributed by atoms with E-state index >= 15 is 0 Å². The van der Waals surface area contributed by atoms with Crippen LogP contribution in [0.3, 0.4) is 0 Å². The van der Waals surface area contributed by atoms with Crippen LogP contribution in [-0.2, 0) is 61.6 Å². The van der Waals surface area contributed by atoms with E-state index in [0.717, 1.165) is 6.92 Å². The highest BCUT2D eigenvalue weighted by Crippen LogP contribution is 2.37. The maximum Gasteiger partial charge on any atom is 0.303 e. The first-order valence-corrected chi connectivity index (χ1v) is 22.0. The Morgan fingerprint density at radius 2 is 0.586 bits per heavy atom. The van der Waals surface area contributed by atoms with Crippen molar-refractivity contribution in [3.8, 4) is 0 Å². The first kappa shape index (κ1) is 57.5. The summed E-state index contributed by atoms with van der Waals surface area (Å²) in [7, 11) is 0. The molecule has 0 aliphatic carbocycles. The predicted molar refractivity (Wildman–Crippen MR) is 209 cm³/mol. The first-order chi connectivity index (χ1) is 33.2. The topological polar surface area (TPSA) is 512 Å². The maximum atomic E-state index is 12.3. The van der Waals surface area contributed by atoms with Gasteiger partial charge < -0.3 is 154 Å². The summed E-state index contributed by atoms with van der Waals surface area (Å²) in [6.07, 6.45) is -56.9. The van der Waals surface area contributed by atoms with E-state index in [2.05, 4.69) is 0 Å². The second-order valence-electron chi connectivity index (χ2n) is 17.3. The Bertz CT molecular complexity index is 1610. The molecule has 32 nitrogen and oxygen atoms in total. The summed E-state index contributed by atoms with van der Waals surface area (Å²) in [5.74, 6) is -1.08. The van der Waals surface area contributed by atoms with Gasteiger partial charge in [0.15, 0.2) is 43.8 Å². The standard InChI is InChI=1S/C38H64O32/c1-8(45)59-32-26(57)31(69-37-24(55)19(50)28(11(4-41)63-37)67-34-22(53)16(47)15(46)9(2-39)61-34)14(7-44)65-38(32)70-30-13(6-43)64-36(25(56)20(30)51)68-29-12(5-42)62-35(23(54)18(29)49)66-27-10(3-40)60-33(58)21(52)17(27)48/h9-44,46-58H,2-7H2,1H3/t9-,10-,11-,12-,13-,14-,15-,16+,17-,18-,19-,20-,21+,22+,23+,24+,25+,26+,27-,28-,29-,30-,31-,32+,33?,34+,35+,36+,37+,38+/m1/s1. The number of hydrogen-bond acceptors (Lipinski definition) is 32. The van der Waals surface area contributed by atoms with Gasteiger partial charge in [0.25, 0.3) is 0 Å². The minimum atomic E-state index is -2.20. The highest BCUT2D eigenvalue weighted by molar-refractivity contribution is 5.66. The van der Waals surface area contributed by atoms with Crippen molar-refractivity contribution in [2.45, 2.75) is 191 Å². The third kappa shape index (κ3) is 11.9. The van der Waals surface area contributed by atoms with Crippen LogP contribution in [0.4, 0.5) is 0 Å². The quantitative estimate of drug-likeness (QED) is 0.0602. The Labute approximate surface area is 395 Å². The molecule has 0 bridgehead atoms. The van der Waals surface area contributed by atoms with Crippen LogP contribution >= 0.6 is 0 Å². The van der Waals surface area contributed by atoms with Crippen LogP contribution in [0.1, 0.15) is 6.92 Å². The summed E-state index contributed by atoms with van der Waals surface area (Å²) in [5.41, 5.74) is 0. The fourth-order valence-electron chi connectivity index (χ4n) is 8.82. The van der Waals surface area contributed by atoms with E-state index in [0.29, 0.717) is 0 Å². The predicted octanol–water partition coefficient (Wildman–Crippen LogP) is -13.5. The molecule has 30 atom stereocenters. The van der Waals surface area contributed by atoms with Crippen LogP contribution in [0.5, 0.6) is 0 Å². The van der Waals surface area contributed by atoms with Gasteiger partial charge in [-0.25, -0.2) is 0 Å². The summed E-state index contributed by atoms with van der Waals surface area (Å²) in [6, 6.07) is 0. The molecule has 6 fully saturated rings. The fraction of sp³-hybridized carbons (Fsp3) is 0.974. The van der Waals surface area contributed by atoms with E-state index in [1.165, 1.54) is 0 Å². The summed E-state index contributed by atoms with van der Waals surface area (Å²) >= 11 is 0. The molecule has 6 aliphatic heterocycles. The van der Waals surface area contributed by atoms with Gasteiger partial charge in [-0.3, -0.25) is 4.79 Å². The Morgan fingerprint density at radius 3 is 0.929 bits per heavy atom. The Balaban J connectivity index is 1.12. The van der Waals surface area contributed by atoms with E-state index in [1.54, 1.807) is 0 Å². The molecule has 0 amide bonds. The second-order valence-corrected chi connectivity index (χ2v) is 17.3. The molecule has 6 aliphatic rings. The maximum absolute atomic E-state index is 12.3. The van der Waals surface area contributed by atoms with Crippen LogP contribution in [0.2, 0.25) is 0 Å². The zero-order chi connectivity index (χ0) is 51.6. The van der Waals surface area contributed by atoms with Crippen molar-refractivity contribution >= 4 is 5.97 Å². The molecular formula is C38H64O32. The summed E-state index contributed by atoms with van der Waals surface area (Å²) in [6.45, 7) is -4.88. The highest BCUT2D eigenvalue weighted by Gasteiger charge is 2.58. The van der Waals surface area contributed by atoms with Gasteiger partial charge in [-0.1, -0.05) is 0 Å². The monoisotopic (exact) mass is 1030 g/mol. The van der Waals surface area contributed by atoms with Crippen LogP contribution in [-0.4, -0.2) is 327 Å². The molecule has 1 unspecified atom stereocenters. The van der Waals surface area contributed by atoms with Crippen molar-refractivity contribution in [3.05, 3.63) is 0 Å². The number of carbonyl (C=O) groups excluding carboxylic acids is 1. The lowest BCUT2D eigenvalue weighted by Crippen LogP contribution is -2.68. The number of aliphatic hydroxyl groups is 19. The van der Waals surface area contributed by atoms with Gasteiger partial charge in [0.2, 0.25) is 0 Å². The Morgan fingerprint density at radius 1 is 0.314 bits per heavy atom. The van der Waals surface area contributed by atoms with E-state index in [9.17, 15) is 102 Å². The molecule has 6 heterocycles. The molecule has 0 spiro atoms. The molecule has 0 aromatic rings. The average Bonchev–Trinajstić information content (AvgIpc) is 3.34. The van der Waals surface area contributed by atoms with Crippen molar-refractivity contribution in [3.63, 3.8) is 0 Å². The number of aliphatic hydroxyl groups excluding tert-OH is 19. The van der Waals surface area contributed by atoms with Crippen molar-refractivity contribution in [2.75, 3.05) is 39.6 Å². The van der Waals surface area contributed by atoms with Gasteiger partial charge in [-0.2, -0.15) is 0 Å². The zero-order valence-corrected chi connectivity index (χ0v) is 36.9. The van der Waals surface area contributed by atoms with Crippen LogP contribution in [0, 0.1) is 0 Å². The second kappa shape index (κ2) is 24.7. The normalized spacial score (nSPS) is 51.5. The van der Waals surface area contributed by atoms with Gasteiger partial charge in [0, 0.05) is 6.92 Å². The van der Waals surface area contributed by atoms with E-state index < -0.39 is 230 Å². The van der Waals surface area contributed by atoms with Gasteiger partial charge >= 0.3 is 5.97 Å². The van der Waals surface area contributed by atoms with E-state index in [-0.39, 0.29) is 0 Å². The molecule has 19 N–H and O–H groups in total. The van der Waals surface area contributed by atoms with Crippen LogP contribution in [0.15, 0.2) is 0 Å². The lowest BCUT2D eigenvalue weighted by atomic mass is 9.95. The number of ether oxygens (including phenoxy) is 12. The highest BCUT2D eigenvalue weighted by atomic mass is 16.8. The smallest absolute Gasteiger partial charge is 0.303 e. The molecule has 70 heavy (non-hydrogen) atoms. The molecule has 6 saturated heterocycles. The molecule has 6 rings (SSSR count). The van der Waals surface area contributed by atoms with Crippen molar-refractivity contribution in [1.29, 1.82) is 0 Å². The third-order valence-electron chi connectivity index (χ3n) is 12.7. The number of carbonyl (C=O) groups is 1. The molecular weight excluding hydrogens is 968 g/mol. The molecule has 0 aromatic carbocycles. The van der Waals surface area contributed by atoms with Gasteiger partial charge in [-0.15, -0.1) is 0 Å². The summed E-state index contributed by atoms with van der Waals surface area (Å²) in [4.78, 5) is 12.3. The van der Waals surface area contributed by atoms with Crippen LogP contribution < -0.4 is 0 Å². The molecule has 0 aromatic heterocycles. The van der Waals surface area contributed by atoms with Gasteiger partial charge in [0.1, 0.15) is 140 Å². The third-order valence-corrected chi connectivity index (χ3v) is 12.7. The summed E-state index contributed by atoms with van der Waals surface area (Å²) < 4.78 is 66.4. The minimum Gasteiger partial charge on any atom is -0.454 e. The van der Waals surface area contributed by atoms with Crippen LogP contribution in [0.25, 0.3) is 0 Å². The first-order valence-electron chi connectivity index (χ1n) is 22.0. The Kier molecular flexibility index (Phi) is 20.3. The number of rotatable bonds is 17. The lowest BCUT2D eigenvalue weighted by Gasteiger charge is -2.50. The molecule has 32 heteroatoms. The Hall–Kier alpha value is -1.73. The van der Waals surface area contributed by atoms with Crippen molar-refractivity contribution in [2.24, 2.45) is 0 Å². The van der Waals surface area contributed by atoms with E-state index in [4.69, 9.17) is 56.8 Å². The molecule has 408 valence electrons. The summed E-state index contributed by atoms with van der Waals surface area (Å²) in [5, 5.41) is 200. The van der Waals surface area contributed by atoms with E-state index in [1.807, 2.05) is 0 Å². The lowest BCUT2D eigenvalue weighted by molar-refractivity contribution is -0.396. The SMILES string of the molecule is CC(=O)O[C@@H]1[C@H](O[C@H]2[C@H](O)[C@H](O)[C@H](O[C@H]3[C@H](O)[C@H](O)[C@H](O[C@H]4[C@H](O)[C@H](O)C(O)O[C@@H]4CO)O[C@@H]3CO)O[C@@H]2CO)O[C@H](CO)[C@@H](O[C@@H]2O[C@H](CO)[C@@H](O[C@@H]3O[C@H](CO)[C@@H](O)[C@H](O)[C@@H]3O)[C@H](O)[C@@H]2O)[C@@H]1O. The number of esters is 1. The van der Waals surface area contributed by atoms with Gasteiger partial charge in [-0.05, 0) is 0 Å². The van der Waals surface area contributed by atoms with Gasteiger partial charge in [0.05, 0.1) is 39.6 Å². The van der Waals surface area contributed by atoms with Crippen molar-refractivity contribution in [1.82, 2.24) is 0 Å². The molecule has 0 radical (unpaired) electrons. The number of hydrogen-bond donors (Lipinski definition) is 19. The van der Waals surface area contributed by atoms with Crippen molar-refractivity contribution < 1.29 is 159 Å². The molecule has 0 saturated carbocycles. The minimum absolute atomic E-state index is 0.841. The largest absolute Gasteiger partial charge is 0.454 e.